The Bertz CT molecular complexity index is 832. The standard InChI is InChI=1S/C18H22N2O4S/c1-13(17-6-4-5-7-18(17)24-3)20-25(22,23)16-10-8-15(9-11-16)12-19-14(2)21/h4-11,13,20H,12H2,1-3H3,(H,19,21)/t13-/m1/s1. The van der Waals surface area contributed by atoms with E-state index in [0.29, 0.717) is 12.3 Å². The van der Waals surface area contributed by atoms with Crippen LogP contribution in [0.3, 0.4) is 0 Å². The van der Waals surface area contributed by atoms with Crippen molar-refractivity contribution in [3.8, 4) is 5.75 Å². The second kappa shape index (κ2) is 8.13. The van der Waals surface area contributed by atoms with E-state index >= 15 is 0 Å². The van der Waals surface area contributed by atoms with Gasteiger partial charge in [-0.3, -0.25) is 4.79 Å². The van der Waals surface area contributed by atoms with Crippen LogP contribution in [0.15, 0.2) is 53.4 Å². The van der Waals surface area contributed by atoms with Gasteiger partial charge in [0.25, 0.3) is 0 Å². The fourth-order valence-electron chi connectivity index (χ4n) is 2.40. The van der Waals surface area contributed by atoms with Crippen molar-refractivity contribution in [2.45, 2.75) is 31.3 Å². The molecule has 0 heterocycles. The first-order chi connectivity index (χ1) is 11.8. The zero-order chi connectivity index (χ0) is 18.4. The number of benzene rings is 2. The summed E-state index contributed by atoms with van der Waals surface area (Å²) in [6, 6.07) is 13.2. The minimum Gasteiger partial charge on any atom is -0.496 e. The van der Waals surface area contributed by atoms with Gasteiger partial charge in [0, 0.05) is 25.1 Å². The molecule has 2 aromatic rings. The Morgan fingerprint density at radius 2 is 1.76 bits per heavy atom. The second-order valence-electron chi connectivity index (χ2n) is 5.64. The molecule has 0 aliphatic rings. The largest absolute Gasteiger partial charge is 0.496 e. The van der Waals surface area contributed by atoms with Crippen molar-refractivity contribution in [2.75, 3.05) is 7.11 Å². The number of hydrogen-bond donors (Lipinski definition) is 2. The van der Waals surface area contributed by atoms with E-state index in [-0.39, 0.29) is 10.8 Å². The second-order valence-corrected chi connectivity index (χ2v) is 7.35. The first-order valence-corrected chi connectivity index (χ1v) is 9.30. The number of carbonyl (C=O) groups excluding carboxylic acids is 1. The van der Waals surface area contributed by atoms with E-state index < -0.39 is 16.1 Å². The van der Waals surface area contributed by atoms with Crippen LogP contribution >= 0.6 is 0 Å². The maximum Gasteiger partial charge on any atom is 0.241 e. The summed E-state index contributed by atoms with van der Waals surface area (Å²) in [7, 11) is -2.12. The van der Waals surface area contributed by atoms with Gasteiger partial charge in [-0.25, -0.2) is 13.1 Å². The molecule has 0 bridgehead atoms. The highest BCUT2D eigenvalue weighted by Gasteiger charge is 2.20. The molecular weight excluding hydrogens is 340 g/mol. The van der Waals surface area contributed by atoms with Crippen molar-refractivity contribution in [1.29, 1.82) is 0 Å². The van der Waals surface area contributed by atoms with Crippen LogP contribution in [0.25, 0.3) is 0 Å². The minimum absolute atomic E-state index is 0.135. The minimum atomic E-state index is -3.67. The van der Waals surface area contributed by atoms with Gasteiger partial charge in [-0.2, -0.15) is 0 Å². The Morgan fingerprint density at radius 1 is 1.12 bits per heavy atom. The number of hydrogen-bond acceptors (Lipinski definition) is 4. The summed E-state index contributed by atoms with van der Waals surface area (Å²) in [5.74, 6) is 0.493. The Balaban J connectivity index is 2.14. The topological polar surface area (TPSA) is 84.5 Å². The molecular formula is C18H22N2O4S. The molecule has 0 unspecified atom stereocenters. The Morgan fingerprint density at radius 3 is 2.36 bits per heavy atom. The van der Waals surface area contributed by atoms with Gasteiger partial charge in [0.15, 0.2) is 0 Å². The van der Waals surface area contributed by atoms with Crippen molar-refractivity contribution >= 4 is 15.9 Å². The first kappa shape index (κ1) is 19.0. The average Bonchev–Trinajstić information content (AvgIpc) is 2.59. The van der Waals surface area contributed by atoms with Crippen LogP contribution in [-0.2, 0) is 21.4 Å². The molecule has 6 nitrogen and oxygen atoms in total. The summed E-state index contributed by atoms with van der Waals surface area (Å²) >= 11 is 0. The maximum absolute atomic E-state index is 12.6. The van der Waals surface area contributed by atoms with Crippen molar-refractivity contribution in [2.24, 2.45) is 0 Å². The number of amides is 1. The molecule has 0 saturated heterocycles. The molecule has 0 spiro atoms. The van der Waals surface area contributed by atoms with Gasteiger partial charge in [-0.05, 0) is 30.7 Å². The van der Waals surface area contributed by atoms with Gasteiger partial charge >= 0.3 is 0 Å². The smallest absolute Gasteiger partial charge is 0.241 e. The summed E-state index contributed by atoms with van der Waals surface area (Å²) < 4.78 is 33.1. The molecule has 1 atom stereocenters. The molecule has 0 fully saturated rings. The van der Waals surface area contributed by atoms with Crippen molar-refractivity contribution in [1.82, 2.24) is 10.0 Å². The van der Waals surface area contributed by atoms with Gasteiger partial charge in [0.1, 0.15) is 5.75 Å². The van der Waals surface area contributed by atoms with Gasteiger partial charge < -0.3 is 10.1 Å². The van der Waals surface area contributed by atoms with E-state index in [1.165, 1.54) is 19.1 Å². The summed E-state index contributed by atoms with van der Waals surface area (Å²) in [5.41, 5.74) is 1.59. The predicted molar refractivity (Wildman–Crippen MR) is 95.7 cm³/mol. The predicted octanol–water partition coefficient (Wildman–Crippen LogP) is 2.37. The maximum atomic E-state index is 12.6. The van der Waals surface area contributed by atoms with Crippen LogP contribution in [0, 0.1) is 0 Å². The lowest BCUT2D eigenvalue weighted by atomic mass is 10.1. The van der Waals surface area contributed by atoms with Crippen LogP contribution in [0.5, 0.6) is 5.75 Å². The van der Waals surface area contributed by atoms with Crippen molar-refractivity contribution in [3.63, 3.8) is 0 Å². The number of carbonyl (C=O) groups is 1. The number of methoxy groups -OCH3 is 1. The molecule has 0 aliphatic heterocycles. The lowest BCUT2D eigenvalue weighted by Gasteiger charge is -2.17. The fourth-order valence-corrected chi connectivity index (χ4v) is 3.62. The van der Waals surface area contributed by atoms with Gasteiger partial charge in [0.2, 0.25) is 15.9 Å². The van der Waals surface area contributed by atoms with E-state index in [1.807, 2.05) is 18.2 Å². The Kier molecular flexibility index (Phi) is 6.17. The van der Waals surface area contributed by atoms with E-state index in [1.54, 1.807) is 32.2 Å². The Hall–Kier alpha value is -2.38. The lowest BCUT2D eigenvalue weighted by Crippen LogP contribution is -2.27. The summed E-state index contributed by atoms with van der Waals surface area (Å²) in [6.45, 7) is 3.56. The normalized spacial score (nSPS) is 12.4. The third-order valence-electron chi connectivity index (χ3n) is 3.71. The molecule has 0 aliphatic carbocycles. The molecule has 0 radical (unpaired) electrons. The molecule has 7 heteroatoms. The van der Waals surface area contributed by atoms with Crippen molar-refractivity contribution < 1.29 is 17.9 Å². The number of para-hydroxylation sites is 1. The molecule has 2 rings (SSSR count). The number of ether oxygens (including phenoxy) is 1. The van der Waals surface area contributed by atoms with Crippen LogP contribution in [-0.4, -0.2) is 21.4 Å². The Labute approximate surface area is 148 Å². The third-order valence-corrected chi connectivity index (χ3v) is 5.27. The fraction of sp³-hybridized carbons (Fsp3) is 0.278. The van der Waals surface area contributed by atoms with Crippen LogP contribution in [0.2, 0.25) is 0 Å². The van der Waals surface area contributed by atoms with Gasteiger partial charge in [0.05, 0.1) is 12.0 Å². The SMILES string of the molecule is COc1ccccc1[C@@H](C)NS(=O)(=O)c1ccc(CNC(C)=O)cc1. The van der Waals surface area contributed by atoms with Gasteiger partial charge in [-0.1, -0.05) is 30.3 Å². The van der Waals surface area contributed by atoms with E-state index in [2.05, 4.69) is 10.0 Å². The van der Waals surface area contributed by atoms with Crippen LogP contribution < -0.4 is 14.8 Å². The van der Waals surface area contributed by atoms with E-state index in [0.717, 1.165) is 11.1 Å². The molecule has 25 heavy (non-hydrogen) atoms. The molecule has 0 aromatic heterocycles. The molecule has 2 N–H and O–H groups in total. The number of nitrogens with one attached hydrogen (secondary N) is 2. The van der Waals surface area contributed by atoms with E-state index in [4.69, 9.17) is 4.74 Å². The monoisotopic (exact) mass is 362 g/mol. The third kappa shape index (κ3) is 5.04. The highest BCUT2D eigenvalue weighted by Crippen LogP contribution is 2.25. The lowest BCUT2D eigenvalue weighted by molar-refractivity contribution is -0.119. The highest BCUT2D eigenvalue weighted by molar-refractivity contribution is 7.89. The molecule has 134 valence electrons. The number of sulfonamides is 1. The van der Waals surface area contributed by atoms with Crippen LogP contribution in [0.1, 0.15) is 31.0 Å². The van der Waals surface area contributed by atoms with Crippen molar-refractivity contribution in [3.05, 3.63) is 59.7 Å². The van der Waals surface area contributed by atoms with E-state index in [9.17, 15) is 13.2 Å². The van der Waals surface area contributed by atoms with Gasteiger partial charge in [-0.15, -0.1) is 0 Å². The van der Waals surface area contributed by atoms with Crippen LogP contribution in [0.4, 0.5) is 0 Å². The zero-order valence-electron chi connectivity index (χ0n) is 14.4. The number of rotatable bonds is 7. The molecule has 1 amide bonds. The zero-order valence-corrected chi connectivity index (χ0v) is 15.3. The summed E-state index contributed by atoms with van der Waals surface area (Å²) in [6.07, 6.45) is 0. The summed E-state index contributed by atoms with van der Waals surface area (Å²) in [5, 5.41) is 2.67. The quantitative estimate of drug-likeness (QED) is 0.792. The molecule has 2 aromatic carbocycles. The first-order valence-electron chi connectivity index (χ1n) is 7.82. The average molecular weight is 362 g/mol. The molecule has 0 saturated carbocycles. The highest BCUT2D eigenvalue weighted by atomic mass is 32.2. The summed E-state index contributed by atoms with van der Waals surface area (Å²) in [4.78, 5) is 11.1.